The lowest BCUT2D eigenvalue weighted by Crippen LogP contribution is -1.96. The van der Waals surface area contributed by atoms with Gasteiger partial charge in [0.1, 0.15) is 0 Å². The largest absolute Gasteiger partial charge is 0.204 e. The molecule has 0 bridgehead atoms. The van der Waals surface area contributed by atoms with Gasteiger partial charge < -0.3 is 0 Å². The number of aryl methyl sites for hydroxylation is 1. The minimum atomic E-state index is -0.788. The van der Waals surface area contributed by atoms with Crippen LogP contribution in [0.2, 0.25) is 0 Å². The van der Waals surface area contributed by atoms with E-state index in [1.165, 1.54) is 33.2 Å². The molecule has 0 fully saturated rings. The quantitative estimate of drug-likeness (QED) is 0.639. The van der Waals surface area contributed by atoms with Crippen LogP contribution in [0, 0.1) is 11.6 Å². The first kappa shape index (κ1) is 14.5. The summed E-state index contributed by atoms with van der Waals surface area (Å²) in [7, 11) is 0. The van der Waals surface area contributed by atoms with E-state index in [1.807, 2.05) is 23.1 Å². The molecule has 1 atom stereocenters. The topological polar surface area (TPSA) is 0 Å². The number of thiophene rings is 1. The highest BCUT2D eigenvalue weighted by molar-refractivity contribution is 9.09. The standard InChI is InChI=1S/C15H13BrF2S2/c16-11(5-9-1-2-12(17)13(18)6-9)15-7-10-8-19-4-3-14(10)20-15/h1-2,6-7,11H,3-5,8H2. The molecule has 0 spiro atoms. The lowest BCUT2D eigenvalue weighted by atomic mass is 10.1. The predicted molar refractivity (Wildman–Crippen MR) is 85.9 cm³/mol. The summed E-state index contributed by atoms with van der Waals surface area (Å²) in [5.74, 6) is 0.729. The number of thioether (sulfide) groups is 1. The van der Waals surface area contributed by atoms with Crippen LogP contribution in [0.25, 0.3) is 0 Å². The molecular weight excluding hydrogens is 362 g/mol. The summed E-state index contributed by atoms with van der Waals surface area (Å²) in [4.78, 5) is 2.92. The number of halogens is 3. The Hall–Kier alpha value is -0.390. The SMILES string of the molecule is Fc1ccc(CC(Br)c2cc3c(s2)CCSC3)cc1F. The fourth-order valence-electron chi connectivity index (χ4n) is 2.30. The molecule has 0 amide bonds. The molecule has 5 heteroatoms. The number of fused-ring (bicyclic) bond motifs is 1. The lowest BCUT2D eigenvalue weighted by Gasteiger charge is -2.08. The van der Waals surface area contributed by atoms with Gasteiger partial charge in [0.15, 0.2) is 11.6 Å². The van der Waals surface area contributed by atoms with Crippen molar-refractivity contribution in [2.45, 2.75) is 23.4 Å². The van der Waals surface area contributed by atoms with Crippen molar-refractivity contribution in [2.75, 3.05) is 5.75 Å². The van der Waals surface area contributed by atoms with Crippen LogP contribution in [0.1, 0.15) is 25.7 Å². The van der Waals surface area contributed by atoms with E-state index in [-0.39, 0.29) is 4.83 Å². The average molecular weight is 375 g/mol. The molecule has 0 nitrogen and oxygen atoms in total. The second kappa shape index (κ2) is 6.16. The van der Waals surface area contributed by atoms with Gasteiger partial charge in [-0.05, 0) is 47.9 Å². The van der Waals surface area contributed by atoms with Crippen molar-refractivity contribution in [3.8, 4) is 0 Å². The van der Waals surface area contributed by atoms with Crippen molar-refractivity contribution in [3.05, 3.63) is 56.8 Å². The molecule has 0 saturated heterocycles. The van der Waals surface area contributed by atoms with Crippen molar-refractivity contribution >= 4 is 39.0 Å². The summed E-state index contributed by atoms with van der Waals surface area (Å²) in [6, 6.07) is 6.38. The van der Waals surface area contributed by atoms with Gasteiger partial charge in [0.05, 0.1) is 4.83 Å². The molecule has 0 aliphatic carbocycles. The Balaban J connectivity index is 1.76. The summed E-state index contributed by atoms with van der Waals surface area (Å²) >= 11 is 7.49. The molecule has 20 heavy (non-hydrogen) atoms. The van der Waals surface area contributed by atoms with Crippen LogP contribution in [-0.4, -0.2) is 5.75 Å². The van der Waals surface area contributed by atoms with Crippen molar-refractivity contribution in [1.82, 2.24) is 0 Å². The molecule has 2 aromatic rings. The highest BCUT2D eigenvalue weighted by Crippen LogP contribution is 2.38. The Morgan fingerprint density at radius 1 is 1.20 bits per heavy atom. The number of benzene rings is 1. The maximum Gasteiger partial charge on any atom is 0.159 e. The number of alkyl halides is 1. The van der Waals surface area contributed by atoms with E-state index in [1.54, 1.807) is 6.07 Å². The Bertz CT molecular complexity index is 601. The van der Waals surface area contributed by atoms with E-state index in [4.69, 9.17) is 0 Å². The van der Waals surface area contributed by atoms with E-state index < -0.39 is 11.6 Å². The first-order chi connectivity index (χ1) is 9.63. The molecular formula is C15H13BrF2S2. The zero-order valence-electron chi connectivity index (χ0n) is 10.7. The third kappa shape index (κ3) is 3.10. The van der Waals surface area contributed by atoms with Crippen LogP contribution >= 0.6 is 39.0 Å². The second-order valence-electron chi connectivity index (χ2n) is 4.82. The number of hydrogen-bond donors (Lipinski definition) is 0. The molecule has 1 aliphatic rings. The monoisotopic (exact) mass is 374 g/mol. The Morgan fingerprint density at radius 3 is 2.80 bits per heavy atom. The fraction of sp³-hybridized carbons (Fsp3) is 0.333. The first-order valence-corrected chi connectivity index (χ1v) is 9.29. The van der Waals surface area contributed by atoms with Gasteiger partial charge in [-0.25, -0.2) is 8.78 Å². The maximum atomic E-state index is 13.2. The Labute approximate surface area is 133 Å². The van der Waals surface area contributed by atoms with Crippen LogP contribution in [0.15, 0.2) is 24.3 Å². The maximum absolute atomic E-state index is 13.2. The van der Waals surface area contributed by atoms with E-state index in [2.05, 4.69) is 22.0 Å². The van der Waals surface area contributed by atoms with E-state index in [0.29, 0.717) is 6.42 Å². The summed E-state index contributed by atoms with van der Waals surface area (Å²) < 4.78 is 26.2. The molecule has 1 aromatic carbocycles. The minimum Gasteiger partial charge on any atom is -0.204 e. The van der Waals surface area contributed by atoms with Crippen molar-refractivity contribution < 1.29 is 8.78 Å². The molecule has 106 valence electrons. The van der Waals surface area contributed by atoms with Gasteiger partial charge in [-0.3, -0.25) is 0 Å². The molecule has 0 N–H and O–H groups in total. The second-order valence-corrected chi connectivity index (χ2v) is 8.20. The molecule has 1 aromatic heterocycles. The van der Waals surface area contributed by atoms with Crippen molar-refractivity contribution in [2.24, 2.45) is 0 Å². The average Bonchev–Trinajstić information content (AvgIpc) is 2.87. The van der Waals surface area contributed by atoms with Crippen LogP contribution < -0.4 is 0 Å². The van der Waals surface area contributed by atoms with Gasteiger partial charge in [-0.15, -0.1) is 11.3 Å². The van der Waals surface area contributed by atoms with Gasteiger partial charge in [-0.1, -0.05) is 22.0 Å². The summed E-state index contributed by atoms with van der Waals surface area (Å²) in [6.07, 6.45) is 1.82. The van der Waals surface area contributed by atoms with Gasteiger partial charge in [0, 0.05) is 15.5 Å². The van der Waals surface area contributed by atoms with Crippen LogP contribution in [0.5, 0.6) is 0 Å². The molecule has 1 unspecified atom stereocenters. The van der Waals surface area contributed by atoms with Crippen LogP contribution in [0.4, 0.5) is 8.78 Å². The van der Waals surface area contributed by atoms with Crippen LogP contribution in [0.3, 0.4) is 0 Å². The summed E-state index contributed by atoms with van der Waals surface area (Å²) in [5.41, 5.74) is 2.25. The zero-order chi connectivity index (χ0) is 14.1. The molecule has 1 aliphatic heterocycles. The lowest BCUT2D eigenvalue weighted by molar-refractivity contribution is 0.507. The molecule has 3 rings (SSSR count). The smallest absolute Gasteiger partial charge is 0.159 e. The van der Waals surface area contributed by atoms with E-state index in [9.17, 15) is 8.78 Å². The summed E-state index contributed by atoms with van der Waals surface area (Å²) in [6.45, 7) is 0. The van der Waals surface area contributed by atoms with Crippen LogP contribution in [-0.2, 0) is 18.6 Å². The first-order valence-electron chi connectivity index (χ1n) is 6.40. The minimum absolute atomic E-state index is 0.160. The number of rotatable bonds is 3. The summed E-state index contributed by atoms with van der Waals surface area (Å²) in [5, 5.41) is 0. The van der Waals surface area contributed by atoms with Gasteiger partial charge >= 0.3 is 0 Å². The van der Waals surface area contributed by atoms with Gasteiger partial charge in [0.2, 0.25) is 0 Å². The third-order valence-electron chi connectivity index (χ3n) is 3.35. The molecule has 2 heterocycles. The van der Waals surface area contributed by atoms with E-state index >= 15 is 0 Å². The fourth-order valence-corrected chi connectivity index (χ4v) is 5.44. The third-order valence-corrected chi connectivity index (χ3v) is 6.83. The molecule has 0 saturated carbocycles. The Kier molecular flexibility index (Phi) is 4.48. The van der Waals surface area contributed by atoms with Gasteiger partial charge in [0.25, 0.3) is 0 Å². The van der Waals surface area contributed by atoms with Gasteiger partial charge in [-0.2, -0.15) is 11.8 Å². The highest BCUT2D eigenvalue weighted by Gasteiger charge is 2.18. The predicted octanol–water partition coefficient (Wildman–Crippen LogP) is 5.49. The number of hydrogen-bond acceptors (Lipinski definition) is 2. The van der Waals surface area contributed by atoms with Crippen molar-refractivity contribution in [3.63, 3.8) is 0 Å². The van der Waals surface area contributed by atoms with E-state index in [0.717, 1.165) is 17.7 Å². The zero-order valence-corrected chi connectivity index (χ0v) is 13.9. The highest BCUT2D eigenvalue weighted by atomic mass is 79.9. The van der Waals surface area contributed by atoms with Crippen molar-refractivity contribution in [1.29, 1.82) is 0 Å². The Morgan fingerprint density at radius 2 is 2.05 bits per heavy atom. The normalized spacial score (nSPS) is 15.9. The molecule has 0 radical (unpaired) electrons.